The van der Waals surface area contributed by atoms with Gasteiger partial charge in [0.25, 0.3) is 0 Å². The van der Waals surface area contributed by atoms with Crippen LogP contribution in [0.2, 0.25) is 0 Å². The van der Waals surface area contributed by atoms with Crippen LogP contribution >= 0.6 is 54.3 Å². The van der Waals surface area contributed by atoms with Gasteiger partial charge < -0.3 is 9.42 Å². The average Bonchev–Trinajstić information content (AvgIpc) is 1.99. The Kier molecular flexibility index (Phi) is 7.73. The van der Waals surface area contributed by atoms with E-state index in [9.17, 15) is 4.89 Å². The molecule has 0 saturated heterocycles. The van der Waals surface area contributed by atoms with Gasteiger partial charge in [-0.2, -0.15) is 0 Å². The highest BCUT2D eigenvalue weighted by atomic mass is 80.0. The summed E-state index contributed by atoms with van der Waals surface area (Å²) in [5.41, 5.74) is 0. The highest BCUT2D eigenvalue weighted by Gasteiger charge is 2.25. The second-order valence-electron chi connectivity index (χ2n) is 3.93. The summed E-state index contributed by atoms with van der Waals surface area (Å²) in [6.45, 7) is 3.94. The summed E-state index contributed by atoms with van der Waals surface area (Å²) < 4.78 is 4.86. The van der Waals surface area contributed by atoms with Gasteiger partial charge in [0, 0.05) is 6.16 Å². The molecule has 0 heterocycles. The summed E-state index contributed by atoms with van der Waals surface area (Å²) in [7, 11) is 0. The Hall–Kier alpha value is 2.01. The van der Waals surface area contributed by atoms with Crippen LogP contribution in [0.5, 0.6) is 0 Å². The lowest BCUT2D eigenvalue weighted by atomic mass is 10.0. The number of alkyl halides is 3. The molecule has 0 bridgehead atoms. The summed E-state index contributed by atoms with van der Waals surface area (Å²) in [4.78, 5) is 9.94. The van der Waals surface area contributed by atoms with Gasteiger partial charge in [-0.1, -0.05) is 68.6 Å². The SMILES string of the molecule is CC(C)C(C)CP(O)(=S)OCC(Br)(Br)Br. The summed E-state index contributed by atoms with van der Waals surface area (Å²) in [5.74, 6) is 0.876. The molecule has 7 heteroatoms. The minimum Gasteiger partial charge on any atom is -0.345 e. The first kappa shape index (κ1) is 17.0. The molecular weight excluding hydrogens is 431 g/mol. The van der Waals surface area contributed by atoms with Crippen LogP contribution in [-0.4, -0.2) is 19.8 Å². The van der Waals surface area contributed by atoms with Crippen LogP contribution in [0.4, 0.5) is 0 Å². The lowest BCUT2D eigenvalue weighted by Gasteiger charge is -2.24. The smallest absolute Gasteiger partial charge is 0.186 e. The summed E-state index contributed by atoms with van der Waals surface area (Å²) >= 11 is 15.0. The molecule has 0 aromatic rings. The van der Waals surface area contributed by atoms with E-state index in [0.29, 0.717) is 18.0 Å². The molecular formula is C8H16Br3O2PS. The molecule has 0 aromatic heterocycles. The summed E-state index contributed by atoms with van der Waals surface area (Å²) in [5, 5.41) is 0. The zero-order valence-electron chi connectivity index (χ0n) is 8.91. The fraction of sp³-hybridized carbons (Fsp3) is 1.00. The van der Waals surface area contributed by atoms with Gasteiger partial charge in [0.1, 0.15) is 0 Å². The third kappa shape index (κ3) is 9.69. The van der Waals surface area contributed by atoms with E-state index in [2.05, 4.69) is 68.6 Å². The van der Waals surface area contributed by atoms with Crippen LogP contribution in [0.15, 0.2) is 0 Å². The van der Waals surface area contributed by atoms with E-state index in [0.717, 1.165) is 0 Å². The van der Waals surface area contributed by atoms with Crippen molar-refractivity contribution in [3.05, 3.63) is 0 Å². The molecule has 0 aromatic carbocycles. The fourth-order valence-corrected chi connectivity index (χ4v) is 4.19. The maximum Gasteiger partial charge on any atom is 0.186 e. The number of hydrogen-bond donors (Lipinski definition) is 1. The van der Waals surface area contributed by atoms with E-state index in [4.69, 9.17) is 16.3 Å². The molecule has 0 amide bonds. The van der Waals surface area contributed by atoms with Crippen LogP contribution in [0.1, 0.15) is 20.8 Å². The van der Waals surface area contributed by atoms with Crippen molar-refractivity contribution in [2.45, 2.75) is 22.9 Å². The lowest BCUT2D eigenvalue weighted by molar-refractivity contribution is 0.312. The van der Waals surface area contributed by atoms with Crippen LogP contribution < -0.4 is 0 Å². The Labute approximate surface area is 122 Å². The van der Waals surface area contributed by atoms with Crippen molar-refractivity contribution in [1.82, 2.24) is 0 Å². The van der Waals surface area contributed by atoms with Gasteiger partial charge in [0.15, 0.2) is 8.63 Å². The van der Waals surface area contributed by atoms with Crippen molar-refractivity contribution >= 4 is 66.1 Å². The molecule has 0 aliphatic rings. The van der Waals surface area contributed by atoms with E-state index < -0.39 is 8.63 Å². The highest BCUT2D eigenvalue weighted by Crippen LogP contribution is 2.48. The minimum atomic E-state index is -2.66. The van der Waals surface area contributed by atoms with Gasteiger partial charge in [-0.05, 0) is 23.6 Å². The monoisotopic (exact) mass is 444 g/mol. The maximum absolute atomic E-state index is 9.94. The molecule has 2 unspecified atom stereocenters. The van der Waals surface area contributed by atoms with Gasteiger partial charge in [-0.3, -0.25) is 0 Å². The zero-order valence-corrected chi connectivity index (χ0v) is 15.4. The lowest BCUT2D eigenvalue weighted by Crippen LogP contribution is -2.14. The standard InChI is InChI=1S/C8H16Br3O2PS/c1-6(2)7(3)4-14(12,15)13-5-8(9,10)11/h6-7H,4-5H2,1-3H3,(H,12,15). The summed E-state index contributed by atoms with van der Waals surface area (Å²) in [6.07, 6.45) is 0.559. The van der Waals surface area contributed by atoms with E-state index in [1.165, 1.54) is 0 Å². The Morgan fingerprint density at radius 1 is 1.33 bits per heavy atom. The fourth-order valence-electron chi connectivity index (χ4n) is 0.802. The largest absolute Gasteiger partial charge is 0.345 e. The molecule has 0 fully saturated rings. The number of rotatable bonds is 5. The molecule has 2 atom stereocenters. The molecule has 15 heavy (non-hydrogen) atoms. The van der Waals surface area contributed by atoms with Crippen molar-refractivity contribution in [1.29, 1.82) is 0 Å². The van der Waals surface area contributed by atoms with Gasteiger partial charge in [-0.15, -0.1) is 0 Å². The highest BCUT2D eigenvalue weighted by molar-refractivity contribution is 9.39. The van der Waals surface area contributed by atoms with E-state index in [-0.39, 0.29) is 6.61 Å². The van der Waals surface area contributed by atoms with Crippen molar-refractivity contribution < 1.29 is 9.42 Å². The molecule has 2 nitrogen and oxygen atoms in total. The molecule has 92 valence electrons. The average molecular weight is 447 g/mol. The Morgan fingerprint density at radius 2 is 1.80 bits per heavy atom. The third-order valence-electron chi connectivity index (χ3n) is 2.09. The molecule has 0 spiro atoms. The van der Waals surface area contributed by atoms with Crippen molar-refractivity contribution in [3.8, 4) is 0 Å². The zero-order chi connectivity index (χ0) is 12.3. The van der Waals surface area contributed by atoms with Crippen LogP contribution in [0.25, 0.3) is 0 Å². The quantitative estimate of drug-likeness (QED) is 0.500. The molecule has 0 saturated carbocycles. The van der Waals surface area contributed by atoms with Crippen molar-refractivity contribution in [2.24, 2.45) is 11.8 Å². The van der Waals surface area contributed by atoms with E-state index in [1.807, 2.05) is 0 Å². The van der Waals surface area contributed by atoms with Gasteiger partial charge >= 0.3 is 0 Å². The first-order valence-electron chi connectivity index (χ1n) is 4.56. The Morgan fingerprint density at radius 3 is 2.13 bits per heavy atom. The van der Waals surface area contributed by atoms with Crippen LogP contribution in [0.3, 0.4) is 0 Å². The molecule has 0 aliphatic carbocycles. The normalized spacial score (nSPS) is 18.9. The number of hydrogen-bond acceptors (Lipinski definition) is 2. The number of halogens is 3. The van der Waals surface area contributed by atoms with Crippen molar-refractivity contribution in [2.75, 3.05) is 12.8 Å². The van der Waals surface area contributed by atoms with Crippen LogP contribution in [0, 0.1) is 11.8 Å². The van der Waals surface area contributed by atoms with Gasteiger partial charge in [0.05, 0.1) is 6.61 Å². The third-order valence-corrected chi connectivity index (χ3v) is 5.11. The van der Waals surface area contributed by atoms with E-state index >= 15 is 0 Å². The summed E-state index contributed by atoms with van der Waals surface area (Å²) in [6, 6.07) is 0. The Balaban J connectivity index is 4.14. The second-order valence-corrected chi connectivity index (χ2v) is 14.8. The van der Waals surface area contributed by atoms with Crippen LogP contribution in [-0.2, 0) is 16.3 Å². The molecule has 0 aliphatic heterocycles. The van der Waals surface area contributed by atoms with Gasteiger partial charge in [0.2, 0.25) is 0 Å². The predicted octanol–water partition coefficient (Wildman–Crippen LogP) is 4.44. The first-order valence-corrected chi connectivity index (χ1v) is 9.80. The maximum atomic E-state index is 9.94. The molecule has 1 N–H and O–H groups in total. The van der Waals surface area contributed by atoms with E-state index in [1.54, 1.807) is 0 Å². The topological polar surface area (TPSA) is 29.5 Å². The predicted molar refractivity (Wildman–Crippen MR) is 80.8 cm³/mol. The van der Waals surface area contributed by atoms with Gasteiger partial charge in [-0.25, -0.2) is 0 Å². The van der Waals surface area contributed by atoms with Crippen molar-refractivity contribution in [3.63, 3.8) is 0 Å². The minimum absolute atomic E-state index is 0.283. The second kappa shape index (κ2) is 6.81. The Bertz CT molecular complexity index is 243. The molecule has 0 radical (unpaired) electrons. The first-order chi connectivity index (χ1) is 6.53. The molecule has 0 rings (SSSR count).